The van der Waals surface area contributed by atoms with Crippen LogP contribution in [0.2, 0.25) is 0 Å². The van der Waals surface area contributed by atoms with Crippen LogP contribution in [0.4, 0.5) is 0 Å². The van der Waals surface area contributed by atoms with E-state index in [0.717, 1.165) is 39.8 Å². The van der Waals surface area contributed by atoms with Gasteiger partial charge in [0.1, 0.15) is 12.4 Å². The monoisotopic (exact) mass is 412 g/mol. The van der Waals surface area contributed by atoms with Crippen molar-refractivity contribution in [3.8, 4) is 5.75 Å². The molecule has 0 fully saturated rings. The van der Waals surface area contributed by atoms with Crippen LogP contribution in [0.1, 0.15) is 24.5 Å². The highest BCUT2D eigenvalue weighted by Gasteiger charge is 2.04. The normalized spacial score (nSPS) is 10.6. The largest absolute Gasteiger partial charge is 0.488 e. The Hall–Kier alpha value is -0.910. The lowest BCUT2D eigenvalue weighted by Crippen LogP contribution is -2.13. The fourth-order valence-electron chi connectivity index (χ4n) is 1.88. The Balaban J connectivity index is 1.94. The number of aromatic nitrogens is 1. The molecule has 0 saturated carbocycles. The van der Waals surface area contributed by atoms with Gasteiger partial charge in [-0.05, 0) is 68.6 Å². The molecule has 2 aromatic rings. The lowest BCUT2D eigenvalue weighted by atomic mass is 10.2. The second kappa shape index (κ2) is 8.51. The average molecular weight is 414 g/mol. The molecule has 112 valence electrons. The lowest BCUT2D eigenvalue weighted by Gasteiger charge is -2.10. The molecule has 1 heterocycles. The van der Waals surface area contributed by atoms with Gasteiger partial charge in [0.25, 0.3) is 0 Å². The van der Waals surface area contributed by atoms with Gasteiger partial charge in [0.05, 0.1) is 4.47 Å². The number of halogens is 2. The number of nitrogens with zero attached hydrogens (tertiary/aromatic N) is 1. The van der Waals surface area contributed by atoms with E-state index in [9.17, 15) is 0 Å². The minimum atomic E-state index is 0.498. The minimum absolute atomic E-state index is 0.498. The molecule has 0 aliphatic heterocycles. The topological polar surface area (TPSA) is 34.1 Å². The van der Waals surface area contributed by atoms with Crippen molar-refractivity contribution < 1.29 is 4.74 Å². The van der Waals surface area contributed by atoms with Crippen LogP contribution in [0.3, 0.4) is 0 Å². The van der Waals surface area contributed by atoms with Crippen LogP contribution >= 0.6 is 31.9 Å². The van der Waals surface area contributed by atoms with Gasteiger partial charge >= 0.3 is 0 Å². The van der Waals surface area contributed by atoms with Gasteiger partial charge < -0.3 is 10.1 Å². The molecule has 5 heteroatoms. The molecular formula is C16H18Br2N2O. The molecule has 0 aliphatic rings. The third kappa shape index (κ3) is 5.41. The molecule has 3 nitrogen and oxygen atoms in total. The van der Waals surface area contributed by atoms with E-state index in [2.05, 4.69) is 61.2 Å². The van der Waals surface area contributed by atoms with E-state index in [0.29, 0.717) is 6.61 Å². The summed E-state index contributed by atoms with van der Waals surface area (Å²) in [7, 11) is 0. The maximum Gasteiger partial charge on any atom is 0.134 e. The molecule has 1 aromatic heterocycles. The van der Waals surface area contributed by atoms with Gasteiger partial charge in [-0.15, -0.1) is 0 Å². The molecule has 21 heavy (non-hydrogen) atoms. The van der Waals surface area contributed by atoms with Crippen LogP contribution < -0.4 is 10.1 Å². The Kier molecular flexibility index (Phi) is 6.67. The summed E-state index contributed by atoms with van der Waals surface area (Å²) >= 11 is 6.97. The lowest BCUT2D eigenvalue weighted by molar-refractivity contribution is 0.303. The first-order valence-electron chi connectivity index (χ1n) is 6.90. The van der Waals surface area contributed by atoms with Gasteiger partial charge in [-0.3, -0.25) is 4.98 Å². The Morgan fingerprint density at radius 2 is 2.00 bits per heavy atom. The maximum absolute atomic E-state index is 5.83. The van der Waals surface area contributed by atoms with Gasteiger partial charge in [0, 0.05) is 29.0 Å². The summed E-state index contributed by atoms with van der Waals surface area (Å²) in [4.78, 5) is 4.13. The van der Waals surface area contributed by atoms with Crippen LogP contribution in [-0.4, -0.2) is 11.5 Å². The Morgan fingerprint density at radius 3 is 2.71 bits per heavy atom. The molecule has 0 bridgehead atoms. The summed E-state index contributed by atoms with van der Waals surface area (Å²) in [6, 6.07) is 8.18. The van der Waals surface area contributed by atoms with E-state index in [1.165, 1.54) is 5.56 Å². The van der Waals surface area contributed by atoms with Crippen LogP contribution in [-0.2, 0) is 13.2 Å². The Bertz CT molecular complexity index is 590. The van der Waals surface area contributed by atoms with Crippen LogP contribution in [0, 0.1) is 0 Å². The Labute approximate surface area is 142 Å². The quantitative estimate of drug-likeness (QED) is 0.668. The second-order valence-electron chi connectivity index (χ2n) is 4.74. The van der Waals surface area contributed by atoms with Gasteiger partial charge in [0.15, 0.2) is 0 Å². The summed E-state index contributed by atoms with van der Waals surface area (Å²) in [6.45, 7) is 4.57. The van der Waals surface area contributed by atoms with Gasteiger partial charge in [0.2, 0.25) is 0 Å². The van der Waals surface area contributed by atoms with Crippen LogP contribution in [0.15, 0.2) is 45.6 Å². The van der Waals surface area contributed by atoms with Crippen molar-refractivity contribution in [2.45, 2.75) is 26.5 Å². The molecule has 0 atom stereocenters. The molecule has 0 amide bonds. The molecular weight excluding hydrogens is 396 g/mol. The predicted octanol–water partition coefficient (Wildman–Crippen LogP) is 4.69. The molecule has 2 rings (SSSR count). The highest BCUT2D eigenvalue weighted by atomic mass is 79.9. The summed E-state index contributed by atoms with van der Waals surface area (Å²) in [5.41, 5.74) is 2.27. The fraction of sp³-hybridized carbons (Fsp3) is 0.312. The molecule has 0 radical (unpaired) electrons. The van der Waals surface area contributed by atoms with Crippen molar-refractivity contribution in [1.82, 2.24) is 10.3 Å². The number of hydrogen-bond donors (Lipinski definition) is 1. The van der Waals surface area contributed by atoms with E-state index in [1.807, 2.05) is 18.3 Å². The number of benzene rings is 1. The zero-order chi connectivity index (χ0) is 15.1. The number of rotatable bonds is 7. The number of nitrogens with one attached hydrogen (secondary N) is 1. The van der Waals surface area contributed by atoms with Crippen molar-refractivity contribution in [2.75, 3.05) is 6.54 Å². The van der Waals surface area contributed by atoms with Crippen molar-refractivity contribution in [2.24, 2.45) is 0 Å². The summed E-state index contributed by atoms with van der Waals surface area (Å²) < 4.78 is 7.76. The number of ether oxygens (including phenoxy) is 1. The van der Waals surface area contributed by atoms with E-state index in [-0.39, 0.29) is 0 Å². The van der Waals surface area contributed by atoms with Crippen molar-refractivity contribution in [3.05, 3.63) is 56.7 Å². The van der Waals surface area contributed by atoms with E-state index >= 15 is 0 Å². The first-order chi connectivity index (χ1) is 10.2. The second-order valence-corrected chi connectivity index (χ2v) is 6.51. The fourth-order valence-corrected chi connectivity index (χ4v) is 2.83. The van der Waals surface area contributed by atoms with E-state index in [1.54, 1.807) is 6.20 Å². The summed E-state index contributed by atoms with van der Waals surface area (Å²) in [5.74, 6) is 0.842. The third-order valence-corrected chi connectivity index (χ3v) is 3.96. The predicted molar refractivity (Wildman–Crippen MR) is 92.4 cm³/mol. The SMILES string of the molecule is CCCNCc1ccc(OCc2cncc(Br)c2)c(Br)c1. The van der Waals surface area contributed by atoms with E-state index in [4.69, 9.17) is 4.74 Å². The van der Waals surface area contributed by atoms with Crippen molar-refractivity contribution >= 4 is 31.9 Å². The summed E-state index contributed by atoms with van der Waals surface area (Å²) in [5, 5.41) is 3.39. The first kappa shape index (κ1) is 16.5. The third-order valence-electron chi connectivity index (χ3n) is 2.91. The van der Waals surface area contributed by atoms with Gasteiger partial charge in [-0.25, -0.2) is 0 Å². The number of pyridine rings is 1. The molecule has 1 aromatic carbocycles. The zero-order valence-corrected chi connectivity index (χ0v) is 15.1. The van der Waals surface area contributed by atoms with Crippen molar-refractivity contribution in [3.63, 3.8) is 0 Å². The van der Waals surface area contributed by atoms with Gasteiger partial charge in [-0.1, -0.05) is 13.0 Å². The highest BCUT2D eigenvalue weighted by Crippen LogP contribution is 2.27. The molecule has 1 N–H and O–H groups in total. The van der Waals surface area contributed by atoms with Crippen LogP contribution in [0.5, 0.6) is 5.75 Å². The number of hydrogen-bond acceptors (Lipinski definition) is 3. The molecule has 0 unspecified atom stereocenters. The molecule has 0 aliphatic carbocycles. The zero-order valence-electron chi connectivity index (χ0n) is 11.9. The summed E-state index contributed by atoms with van der Waals surface area (Å²) in [6.07, 6.45) is 4.71. The van der Waals surface area contributed by atoms with Crippen LogP contribution in [0.25, 0.3) is 0 Å². The maximum atomic E-state index is 5.83. The standard InChI is InChI=1S/C16H18Br2N2O/c1-2-5-19-8-12-3-4-16(15(18)7-12)21-11-13-6-14(17)10-20-9-13/h3-4,6-7,9-10,19H,2,5,8,11H2,1H3. The smallest absolute Gasteiger partial charge is 0.134 e. The first-order valence-corrected chi connectivity index (χ1v) is 8.49. The van der Waals surface area contributed by atoms with Crippen molar-refractivity contribution in [1.29, 1.82) is 0 Å². The van der Waals surface area contributed by atoms with Gasteiger partial charge in [-0.2, -0.15) is 0 Å². The Morgan fingerprint density at radius 1 is 1.14 bits per heavy atom. The molecule has 0 spiro atoms. The minimum Gasteiger partial charge on any atom is -0.488 e. The molecule has 0 saturated heterocycles. The highest BCUT2D eigenvalue weighted by molar-refractivity contribution is 9.10. The van der Waals surface area contributed by atoms with E-state index < -0.39 is 0 Å². The average Bonchev–Trinajstić information content (AvgIpc) is 2.47.